The SMILES string of the molecule is CCCCc1ccc(-n2nc3cc(Cl)c(NC(=O)c4ccc(OCc5ccccc5)cc4)cc3n2)cc1. The van der Waals surface area contributed by atoms with Crippen LogP contribution >= 0.6 is 11.6 Å². The minimum absolute atomic E-state index is 0.272. The van der Waals surface area contributed by atoms with Crippen LogP contribution in [0.2, 0.25) is 5.02 Å². The van der Waals surface area contributed by atoms with Gasteiger partial charge in [0.15, 0.2) is 0 Å². The van der Waals surface area contributed by atoms with Crippen LogP contribution in [0.5, 0.6) is 5.75 Å². The zero-order chi connectivity index (χ0) is 25.6. The number of benzene rings is 4. The average molecular weight is 511 g/mol. The van der Waals surface area contributed by atoms with Crippen LogP contribution in [0.4, 0.5) is 5.69 Å². The van der Waals surface area contributed by atoms with Crippen LogP contribution < -0.4 is 10.1 Å². The maximum absolute atomic E-state index is 12.9. The molecule has 0 aliphatic heterocycles. The van der Waals surface area contributed by atoms with Gasteiger partial charge in [0.25, 0.3) is 5.91 Å². The number of carbonyl (C=O) groups excluding carboxylic acids is 1. The first kappa shape index (κ1) is 24.5. The van der Waals surface area contributed by atoms with Gasteiger partial charge in [-0.25, -0.2) is 0 Å². The molecule has 1 amide bonds. The smallest absolute Gasteiger partial charge is 0.255 e. The Morgan fingerprint density at radius 1 is 0.892 bits per heavy atom. The number of halogens is 1. The fourth-order valence-electron chi connectivity index (χ4n) is 3.96. The maximum Gasteiger partial charge on any atom is 0.255 e. The van der Waals surface area contributed by atoms with Crippen molar-refractivity contribution in [2.75, 3.05) is 5.32 Å². The summed E-state index contributed by atoms with van der Waals surface area (Å²) in [6, 6.07) is 28.6. The topological polar surface area (TPSA) is 69.0 Å². The summed E-state index contributed by atoms with van der Waals surface area (Å²) in [6.45, 7) is 2.65. The van der Waals surface area contributed by atoms with E-state index < -0.39 is 0 Å². The Morgan fingerprint density at radius 2 is 1.59 bits per heavy atom. The molecule has 0 radical (unpaired) electrons. The molecule has 0 fully saturated rings. The van der Waals surface area contributed by atoms with Crippen molar-refractivity contribution in [1.29, 1.82) is 0 Å². The molecule has 6 nitrogen and oxygen atoms in total. The number of amides is 1. The predicted octanol–water partition coefficient (Wildman–Crippen LogP) is 7.25. The summed E-state index contributed by atoms with van der Waals surface area (Å²) in [4.78, 5) is 14.5. The highest BCUT2D eigenvalue weighted by molar-refractivity contribution is 6.34. The number of carbonyl (C=O) groups is 1. The zero-order valence-electron chi connectivity index (χ0n) is 20.5. The number of fused-ring (bicyclic) bond motifs is 1. The van der Waals surface area contributed by atoms with E-state index in [1.807, 2.05) is 42.5 Å². The highest BCUT2D eigenvalue weighted by atomic mass is 35.5. The van der Waals surface area contributed by atoms with Crippen LogP contribution in [0.15, 0.2) is 91.0 Å². The molecular formula is C30H27ClN4O2. The summed E-state index contributed by atoms with van der Waals surface area (Å²) < 4.78 is 5.80. The highest BCUT2D eigenvalue weighted by Gasteiger charge is 2.13. The van der Waals surface area contributed by atoms with Crippen molar-refractivity contribution >= 4 is 34.2 Å². The lowest BCUT2D eigenvalue weighted by molar-refractivity contribution is 0.102. The number of rotatable bonds is 9. The number of anilines is 1. The Morgan fingerprint density at radius 3 is 2.30 bits per heavy atom. The lowest BCUT2D eigenvalue weighted by Crippen LogP contribution is -2.12. The van der Waals surface area contributed by atoms with Crippen LogP contribution in [0.1, 0.15) is 41.3 Å². The molecule has 5 aromatic rings. The van der Waals surface area contributed by atoms with Gasteiger partial charge in [-0.3, -0.25) is 4.79 Å². The molecule has 0 atom stereocenters. The molecule has 4 aromatic carbocycles. The molecule has 37 heavy (non-hydrogen) atoms. The molecule has 186 valence electrons. The van der Waals surface area contributed by atoms with Gasteiger partial charge in [-0.05, 0) is 72.5 Å². The van der Waals surface area contributed by atoms with Crippen molar-refractivity contribution in [3.63, 3.8) is 0 Å². The molecular weight excluding hydrogens is 484 g/mol. The number of hydrogen-bond acceptors (Lipinski definition) is 4. The van der Waals surface area contributed by atoms with Crippen LogP contribution in [0, 0.1) is 0 Å². The van der Waals surface area contributed by atoms with Crippen molar-refractivity contribution in [2.24, 2.45) is 0 Å². The van der Waals surface area contributed by atoms with Crippen molar-refractivity contribution in [3.8, 4) is 11.4 Å². The van der Waals surface area contributed by atoms with Crippen molar-refractivity contribution in [1.82, 2.24) is 15.0 Å². The Kier molecular flexibility index (Phi) is 7.47. The Hall–Kier alpha value is -4.16. The van der Waals surface area contributed by atoms with Crippen LogP contribution in [-0.4, -0.2) is 20.9 Å². The molecule has 1 aromatic heterocycles. The van der Waals surface area contributed by atoms with Gasteiger partial charge in [-0.2, -0.15) is 4.80 Å². The Bertz CT molecular complexity index is 1500. The number of aromatic nitrogens is 3. The monoisotopic (exact) mass is 510 g/mol. The van der Waals surface area contributed by atoms with Gasteiger partial charge in [0, 0.05) is 5.56 Å². The summed E-state index contributed by atoms with van der Waals surface area (Å²) in [5, 5.41) is 12.4. The predicted molar refractivity (Wildman–Crippen MR) is 148 cm³/mol. The minimum Gasteiger partial charge on any atom is -0.489 e. The van der Waals surface area contributed by atoms with E-state index in [0.717, 1.165) is 17.7 Å². The second kappa shape index (κ2) is 11.3. The first-order chi connectivity index (χ1) is 18.1. The summed E-state index contributed by atoms with van der Waals surface area (Å²) in [7, 11) is 0. The number of nitrogens with one attached hydrogen (secondary N) is 1. The third kappa shape index (κ3) is 5.98. The molecule has 0 aliphatic rings. The van der Waals surface area contributed by atoms with E-state index in [2.05, 4.69) is 34.6 Å². The van der Waals surface area contributed by atoms with E-state index in [9.17, 15) is 4.79 Å². The Labute approximate surface area is 220 Å². The maximum atomic E-state index is 12.9. The number of aryl methyl sites for hydroxylation is 1. The summed E-state index contributed by atoms with van der Waals surface area (Å²) in [6.07, 6.45) is 3.40. The van der Waals surface area contributed by atoms with Gasteiger partial charge in [-0.1, -0.05) is 67.4 Å². The van der Waals surface area contributed by atoms with Crippen molar-refractivity contribution < 1.29 is 9.53 Å². The molecule has 0 saturated carbocycles. The van der Waals surface area contributed by atoms with Gasteiger partial charge in [0.05, 0.1) is 16.4 Å². The van der Waals surface area contributed by atoms with Gasteiger partial charge in [0.1, 0.15) is 23.4 Å². The molecule has 0 unspecified atom stereocenters. The summed E-state index contributed by atoms with van der Waals surface area (Å²) in [5.74, 6) is 0.417. The molecule has 0 saturated heterocycles. The van der Waals surface area contributed by atoms with Gasteiger partial charge in [0.2, 0.25) is 0 Å². The van der Waals surface area contributed by atoms with E-state index in [0.29, 0.717) is 39.7 Å². The molecule has 1 N–H and O–H groups in total. The highest BCUT2D eigenvalue weighted by Crippen LogP contribution is 2.28. The van der Waals surface area contributed by atoms with Crippen molar-refractivity contribution in [3.05, 3.63) is 113 Å². The van der Waals surface area contributed by atoms with E-state index in [4.69, 9.17) is 16.3 Å². The average Bonchev–Trinajstić information content (AvgIpc) is 3.34. The summed E-state index contributed by atoms with van der Waals surface area (Å²) in [5.41, 5.74) is 5.51. The molecule has 7 heteroatoms. The van der Waals surface area contributed by atoms with E-state index in [1.54, 1.807) is 41.2 Å². The number of hydrogen-bond donors (Lipinski definition) is 1. The first-order valence-corrected chi connectivity index (χ1v) is 12.7. The van der Waals surface area contributed by atoms with Crippen LogP contribution in [0.3, 0.4) is 0 Å². The quantitative estimate of drug-likeness (QED) is 0.227. The normalized spacial score (nSPS) is 11.0. The third-order valence-corrected chi connectivity index (χ3v) is 6.38. The standard InChI is InChI=1S/C30H27ClN4O2/c1-2-3-7-21-10-14-24(15-11-21)35-33-28-18-26(31)27(19-29(28)34-35)32-30(36)23-12-16-25(17-13-23)37-20-22-8-5-4-6-9-22/h4-6,8-19H,2-3,7,20H2,1H3,(H,32,36). The van der Waals surface area contributed by atoms with Gasteiger partial charge < -0.3 is 10.1 Å². The lowest BCUT2D eigenvalue weighted by Gasteiger charge is -2.09. The fourth-order valence-corrected chi connectivity index (χ4v) is 4.17. The molecule has 0 spiro atoms. The Balaban J connectivity index is 1.27. The number of unbranched alkanes of at least 4 members (excludes halogenated alkanes) is 1. The fraction of sp³-hybridized carbons (Fsp3) is 0.167. The molecule has 0 bridgehead atoms. The zero-order valence-corrected chi connectivity index (χ0v) is 21.3. The van der Waals surface area contributed by atoms with Crippen molar-refractivity contribution in [2.45, 2.75) is 32.8 Å². The van der Waals surface area contributed by atoms with E-state index in [-0.39, 0.29) is 5.91 Å². The largest absolute Gasteiger partial charge is 0.489 e. The molecule has 0 aliphatic carbocycles. The second-order valence-electron chi connectivity index (χ2n) is 8.83. The lowest BCUT2D eigenvalue weighted by atomic mass is 10.1. The molecule has 5 rings (SSSR count). The van der Waals surface area contributed by atoms with Gasteiger partial charge in [-0.15, -0.1) is 10.2 Å². The first-order valence-electron chi connectivity index (χ1n) is 12.3. The third-order valence-electron chi connectivity index (χ3n) is 6.07. The molecule has 1 heterocycles. The second-order valence-corrected chi connectivity index (χ2v) is 9.24. The van der Waals surface area contributed by atoms with E-state index in [1.165, 1.54) is 18.4 Å². The number of nitrogens with zero attached hydrogens (tertiary/aromatic N) is 3. The van der Waals surface area contributed by atoms with Crippen LogP contribution in [0.25, 0.3) is 16.7 Å². The minimum atomic E-state index is -0.272. The summed E-state index contributed by atoms with van der Waals surface area (Å²) >= 11 is 6.47. The van der Waals surface area contributed by atoms with E-state index >= 15 is 0 Å². The van der Waals surface area contributed by atoms with Gasteiger partial charge >= 0.3 is 0 Å². The number of ether oxygens (including phenoxy) is 1. The van der Waals surface area contributed by atoms with Crippen LogP contribution in [-0.2, 0) is 13.0 Å².